The molecule has 0 aromatic heterocycles. The Labute approximate surface area is 47.1 Å². The first-order chi connectivity index (χ1) is 1.41. The fourth-order valence-electron chi connectivity index (χ4n) is 0. The first kappa shape index (κ1) is 54.8. The van der Waals surface area contributed by atoms with Crippen molar-refractivity contribution in [1.29, 1.82) is 0 Å². The van der Waals surface area contributed by atoms with Gasteiger partial charge in [0.25, 0.3) is 0 Å². The Hall–Kier alpha value is 0.297. The van der Waals surface area contributed by atoms with Crippen LogP contribution in [-0.4, -0.2) is 39.4 Å². The Morgan fingerprint density at radius 1 is 0.714 bits per heavy atom. The monoisotopic (exact) mass is 117 g/mol. The van der Waals surface area contributed by atoms with Gasteiger partial charge < -0.3 is 21.9 Å². The second kappa shape index (κ2) is 105. The van der Waals surface area contributed by atoms with E-state index in [1.54, 1.807) is 0 Å². The molecule has 0 spiro atoms. The summed E-state index contributed by atoms with van der Waals surface area (Å²) in [5.41, 5.74) is 0. The van der Waals surface area contributed by atoms with Gasteiger partial charge in [-0.2, -0.15) is 0 Å². The van der Waals surface area contributed by atoms with Gasteiger partial charge in [-0.1, -0.05) is 0 Å². The zero-order chi connectivity index (χ0) is 2.71. The van der Waals surface area contributed by atoms with E-state index < -0.39 is 17.5 Å². The van der Waals surface area contributed by atoms with Crippen molar-refractivity contribution in [3.05, 3.63) is 0 Å². The quantitative estimate of drug-likeness (QED) is 0.303. The molecular formula is H8F2LiO4. The number of hydrogen-bond acceptors (Lipinski definition) is 0. The molecule has 0 atom stereocenters. The number of hydrogen-bond donors (Lipinski definition) is 0. The van der Waals surface area contributed by atoms with E-state index in [1.165, 1.54) is 0 Å². The van der Waals surface area contributed by atoms with Gasteiger partial charge in [0.05, 0.1) is 0 Å². The Balaban J connectivity index is -0.00000000333. The number of rotatable bonds is 0. The second-order valence-electron chi connectivity index (χ2n) is 0.143. The molecule has 0 heterocycles. The van der Waals surface area contributed by atoms with Crippen LogP contribution in [0.2, 0.25) is 0 Å². The van der Waals surface area contributed by atoms with Gasteiger partial charge in [-0.3, -0.25) is 0 Å². The third-order valence-corrected chi connectivity index (χ3v) is 0. The zero-order valence-corrected chi connectivity index (χ0v) is 3.76. The summed E-state index contributed by atoms with van der Waals surface area (Å²) < 4.78 is 19.5. The molecule has 0 aliphatic rings. The van der Waals surface area contributed by atoms with Crippen LogP contribution in [0.3, 0.4) is 0 Å². The molecule has 7 heteroatoms. The van der Waals surface area contributed by atoms with Crippen molar-refractivity contribution >= 4 is 17.5 Å². The minimum atomic E-state index is -2.50. The molecule has 0 bridgehead atoms. The molecule has 7 heavy (non-hydrogen) atoms. The third-order valence-electron chi connectivity index (χ3n) is 0. The van der Waals surface area contributed by atoms with Crippen LogP contribution in [0.25, 0.3) is 0 Å². The first-order valence-corrected chi connectivity index (χ1v) is 0.756. The molecule has 4 nitrogen and oxygen atoms in total. The molecule has 8 N–H and O–H groups in total. The summed E-state index contributed by atoms with van der Waals surface area (Å²) in [7, 11) is 0. The molecule has 0 amide bonds. The van der Waals surface area contributed by atoms with E-state index in [-0.39, 0.29) is 21.9 Å². The van der Waals surface area contributed by atoms with Crippen LogP contribution in [0, 0.1) is 0 Å². The maximum absolute atomic E-state index is 9.75. The van der Waals surface area contributed by atoms with Crippen molar-refractivity contribution in [3.63, 3.8) is 0 Å². The SMILES string of the molecule is O.O.O.O.[F][Li][F]. The van der Waals surface area contributed by atoms with Crippen LogP contribution in [0.15, 0.2) is 0 Å². The van der Waals surface area contributed by atoms with E-state index in [0.717, 1.165) is 0 Å². The fourth-order valence-corrected chi connectivity index (χ4v) is 0. The van der Waals surface area contributed by atoms with Gasteiger partial charge in [-0.05, 0) is 0 Å². The fraction of sp³-hybridized carbons (Fsp3) is 0. The van der Waals surface area contributed by atoms with Crippen molar-refractivity contribution in [2.24, 2.45) is 0 Å². The molecule has 0 saturated carbocycles. The van der Waals surface area contributed by atoms with Crippen molar-refractivity contribution in [1.82, 2.24) is 0 Å². The Morgan fingerprint density at radius 3 is 0.714 bits per heavy atom. The molecule has 0 rings (SSSR count). The van der Waals surface area contributed by atoms with Gasteiger partial charge >= 0.3 is 24.3 Å². The molecule has 0 aromatic rings. The predicted molar refractivity (Wildman–Crippen MR) is 22.4 cm³/mol. The van der Waals surface area contributed by atoms with Gasteiger partial charge in [-0.25, -0.2) is 0 Å². The van der Waals surface area contributed by atoms with E-state index in [1.807, 2.05) is 0 Å². The van der Waals surface area contributed by atoms with E-state index in [9.17, 15) is 6.76 Å². The van der Waals surface area contributed by atoms with E-state index in [4.69, 9.17) is 0 Å². The Morgan fingerprint density at radius 2 is 0.714 bits per heavy atom. The normalized spacial score (nSPS) is 2.57. The summed E-state index contributed by atoms with van der Waals surface area (Å²) in [5.74, 6) is 0. The van der Waals surface area contributed by atoms with Crippen LogP contribution in [0.4, 0.5) is 6.76 Å². The topological polar surface area (TPSA) is 126 Å². The maximum atomic E-state index is 9.75. The van der Waals surface area contributed by atoms with E-state index >= 15 is 0 Å². The zero-order valence-electron chi connectivity index (χ0n) is 3.76. The van der Waals surface area contributed by atoms with Gasteiger partial charge in [0.2, 0.25) is 0 Å². The van der Waals surface area contributed by atoms with Crippen LogP contribution in [0.5, 0.6) is 0 Å². The molecule has 0 fully saturated rings. The average Bonchev–Trinajstić information content (AvgIpc) is 0.918. The van der Waals surface area contributed by atoms with Gasteiger partial charge in [-0.15, -0.1) is 0 Å². The van der Waals surface area contributed by atoms with Crippen LogP contribution >= 0.6 is 0 Å². The predicted octanol–water partition coefficient (Wildman–Crippen LogP) is -2.84. The molecule has 0 saturated heterocycles. The van der Waals surface area contributed by atoms with Gasteiger partial charge in [0, 0.05) is 0 Å². The van der Waals surface area contributed by atoms with Crippen molar-refractivity contribution in [2.45, 2.75) is 0 Å². The Bertz CT molecular complexity index is 9.65. The molecule has 0 unspecified atom stereocenters. The second-order valence-corrected chi connectivity index (χ2v) is 0.143. The van der Waals surface area contributed by atoms with Crippen molar-refractivity contribution in [3.8, 4) is 0 Å². The van der Waals surface area contributed by atoms with E-state index in [0.29, 0.717) is 0 Å². The molecule has 0 aliphatic carbocycles. The molecule has 0 aliphatic heterocycles. The van der Waals surface area contributed by atoms with Crippen LogP contribution in [-0.2, 0) is 0 Å². The van der Waals surface area contributed by atoms with Gasteiger partial charge in [0.1, 0.15) is 0 Å². The number of halogens is 2. The Kier molecular flexibility index (Phi) is 822. The van der Waals surface area contributed by atoms with Crippen molar-refractivity contribution in [2.75, 3.05) is 0 Å². The van der Waals surface area contributed by atoms with Crippen molar-refractivity contribution < 1.29 is 28.7 Å². The molecule has 0 aromatic carbocycles. The summed E-state index contributed by atoms with van der Waals surface area (Å²) in [6.45, 7) is 0. The molecular weight excluding hydrogens is 109 g/mol. The van der Waals surface area contributed by atoms with E-state index in [2.05, 4.69) is 0 Å². The van der Waals surface area contributed by atoms with Gasteiger partial charge in [0.15, 0.2) is 0 Å². The summed E-state index contributed by atoms with van der Waals surface area (Å²) in [4.78, 5) is 0. The first-order valence-electron chi connectivity index (χ1n) is 0.756. The summed E-state index contributed by atoms with van der Waals surface area (Å²) in [6.07, 6.45) is 0. The van der Waals surface area contributed by atoms with Crippen LogP contribution in [0.1, 0.15) is 0 Å². The third kappa shape index (κ3) is 1310. The minimum absolute atomic E-state index is 0. The molecule has 5 radical (unpaired) electrons. The summed E-state index contributed by atoms with van der Waals surface area (Å²) in [5, 5.41) is 0. The standard InChI is InChI=1S/2FH.Li.4H2O/h2*1H;;4*1H2/q;;+2;;;;/p-2. The average molecular weight is 117 g/mol. The summed E-state index contributed by atoms with van der Waals surface area (Å²) >= 11 is -2.50. The molecule has 47 valence electrons. The van der Waals surface area contributed by atoms with Crippen LogP contribution < -0.4 is 0 Å². The summed E-state index contributed by atoms with van der Waals surface area (Å²) in [6, 6.07) is 0.